The Bertz CT molecular complexity index is 777. The van der Waals surface area contributed by atoms with Gasteiger partial charge in [0.15, 0.2) is 0 Å². The normalized spacial score (nSPS) is 15.2. The molecule has 0 amide bonds. The van der Waals surface area contributed by atoms with Crippen LogP contribution in [0.15, 0.2) is 65.3 Å². The molecule has 25 heavy (non-hydrogen) atoms. The van der Waals surface area contributed by atoms with Crippen molar-refractivity contribution >= 4 is 17.8 Å². The molecule has 0 N–H and O–H groups in total. The fourth-order valence-electron chi connectivity index (χ4n) is 2.58. The topological polar surface area (TPSA) is 47.9 Å². The quantitative estimate of drug-likeness (QED) is 0.422. The van der Waals surface area contributed by atoms with Crippen LogP contribution in [-0.4, -0.2) is 18.3 Å². The second kappa shape index (κ2) is 8.29. The summed E-state index contributed by atoms with van der Waals surface area (Å²) in [6, 6.07) is 17.2. The molecule has 0 saturated carbocycles. The van der Waals surface area contributed by atoms with E-state index in [2.05, 4.69) is 12.1 Å². The van der Waals surface area contributed by atoms with E-state index >= 15 is 0 Å². The molecule has 2 aromatic carbocycles. The van der Waals surface area contributed by atoms with Gasteiger partial charge in [-0.25, -0.2) is 4.79 Å². The molecule has 4 nitrogen and oxygen atoms in total. The Balaban J connectivity index is 1.73. The number of nitrogens with zero attached hydrogens (tertiary/aromatic N) is 1. The predicted molar refractivity (Wildman–Crippen MR) is 98.5 cm³/mol. The summed E-state index contributed by atoms with van der Waals surface area (Å²) in [5.41, 5.74) is 2.78. The first-order valence-corrected chi connectivity index (χ1v) is 8.57. The Labute approximate surface area is 147 Å². The van der Waals surface area contributed by atoms with Crippen molar-refractivity contribution in [2.24, 2.45) is 5.16 Å². The first-order valence-electron chi connectivity index (χ1n) is 8.57. The first-order chi connectivity index (χ1) is 12.3. The van der Waals surface area contributed by atoms with Crippen molar-refractivity contribution < 1.29 is 14.4 Å². The summed E-state index contributed by atoms with van der Waals surface area (Å²) in [5, 5.41) is 3.91. The van der Waals surface area contributed by atoms with Crippen molar-refractivity contribution in [3.05, 3.63) is 71.3 Å². The van der Waals surface area contributed by atoms with Crippen LogP contribution in [0.3, 0.4) is 0 Å². The van der Waals surface area contributed by atoms with Gasteiger partial charge in [0.25, 0.3) is 0 Å². The van der Waals surface area contributed by atoms with Crippen LogP contribution in [0.5, 0.6) is 5.75 Å². The highest BCUT2D eigenvalue weighted by molar-refractivity contribution is 6.31. The Morgan fingerprint density at radius 1 is 1.04 bits per heavy atom. The fraction of sp³-hybridized carbons (Fsp3) is 0.238. The fourth-order valence-corrected chi connectivity index (χ4v) is 2.58. The minimum absolute atomic E-state index is 0.432. The van der Waals surface area contributed by atoms with E-state index in [1.165, 1.54) is 12.8 Å². The number of hydrogen-bond donors (Lipinski definition) is 0. The van der Waals surface area contributed by atoms with Gasteiger partial charge in [0.2, 0.25) is 0 Å². The number of carbonyl (C=O) groups excluding carboxylic acids is 1. The second-order valence-electron chi connectivity index (χ2n) is 5.87. The highest BCUT2D eigenvalue weighted by Gasteiger charge is 2.26. The number of unbranched alkanes of at least 4 members (excludes halogenated alkanes) is 2. The maximum Gasteiger partial charge on any atom is 0.368 e. The number of benzene rings is 2. The molecule has 0 aliphatic carbocycles. The summed E-state index contributed by atoms with van der Waals surface area (Å²) in [6.07, 6.45) is 5.21. The molecule has 1 heterocycles. The van der Waals surface area contributed by atoms with Gasteiger partial charge in [-0.3, -0.25) is 0 Å². The standard InChI is InChI=1S/C21H21NO3/c1-2-3-7-14-24-18-12-10-16(11-13-18)15-19-20(22-25-21(19)23)17-8-5-4-6-9-17/h4-6,8-13,15H,2-3,7,14H2,1H3. The lowest BCUT2D eigenvalue weighted by Crippen LogP contribution is -2.06. The molecule has 128 valence electrons. The third-order valence-corrected chi connectivity index (χ3v) is 3.95. The van der Waals surface area contributed by atoms with Crippen molar-refractivity contribution in [3.8, 4) is 5.75 Å². The van der Waals surface area contributed by atoms with Gasteiger partial charge in [-0.2, -0.15) is 0 Å². The van der Waals surface area contributed by atoms with Gasteiger partial charge in [0, 0.05) is 5.56 Å². The Morgan fingerprint density at radius 2 is 1.80 bits per heavy atom. The average Bonchev–Trinajstić information content (AvgIpc) is 3.01. The third kappa shape index (κ3) is 4.35. The minimum Gasteiger partial charge on any atom is -0.494 e. The largest absolute Gasteiger partial charge is 0.494 e. The molecule has 0 saturated heterocycles. The minimum atomic E-state index is -0.432. The highest BCUT2D eigenvalue weighted by Crippen LogP contribution is 2.22. The van der Waals surface area contributed by atoms with Gasteiger partial charge in [-0.05, 0) is 30.2 Å². The molecule has 1 aliphatic heterocycles. The van der Waals surface area contributed by atoms with Gasteiger partial charge in [0.05, 0.1) is 12.2 Å². The molecular weight excluding hydrogens is 314 g/mol. The monoisotopic (exact) mass is 335 g/mol. The molecule has 0 radical (unpaired) electrons. The summed E-state index contributed by atoms with van der Waals surface area (Å²) in [7, 11) is 0. The van der Waals surface area contributed by atoms with Crippen molar-refractivity contribution in [2.45, 2.75) is 26.2 Å². The molecule has 3 rings (SSSR count). The number of oxime groups is 1. The Kier molecular flexibility index (Phi) is 5.62. The molecule has 0 aromatic heterocycles. The molecule has 0 unspecified atom stereocenters. The maximum atomic E-state index is 12.0. The molecule has 4 heteroatoms. The molecule has 0 atom stereocenters. The van der Waals surface area contributed by atoms with Crippen LogP contribution in [0.4, 0.5) is 0 Å². The third-order valence-electron chi connectivity index (χ3n) is 3.95. The van der Waals surface area contributed by atoms with E-state index in [1.807, 2.05) is 54.6 Å². The van der Waals surface area contributed by atoms with E-state index in [0.29, 0.717) is 11.3 Å². The molecule has 0 bridgehead atoms. The van der Waals surface area contributed by atoms with Crippen LogP contribution in [0.1, 0.15) is 37.3 Å². The summed E-state index contributed by atoms with van der Waals surface area (Å²) >= 11 is 0. The lowest BCUT2D eigenvalue weighted by Gasteiger charge is -2.06. The maximum absolute atomic E-state index is 12.0. The van der Waals surface area contributed by atoms with Crippen molar-refractivity contribution in [3.63, 3.8) is 0 Å². The zero-order chi connectivity index (χ0) is 17.5. The van der Waals surface area contributed by atoms with Gasteiger partial charge >= 0.3 is 5.97 Å². The van der Waals surface area contributed by atoms with Gasteiger partial charge < -0.3 is 9.57 Å². The van der Waals surface area contributed by atoms with Crippen LogP contribution in [-0.2, 0) is 9.63 Å². The van der Waals surface area contributed by atoms with Crippen LogP contribution in [0.2, 0.25) is 0 Å². The summed E-state index contributed by atoms with van der Waals surface area (Å²) in [5.74, 6) is 0.406. The first kappa shape index (κ1) is 17.0. The lowest BCUT2D eigenvalue weighted by atomic mass is 10.0. The van der Waals surface area contributed by atoms with Crippen LogP contribution in [0.25, 0.3) is 6.08 Å². The number of rotatable bonds is 7. The molecule has 1 aliphatic rings. The van der Waals surface area contributed by atoms with E-state index in [9.17, 15) is 4.79 Å². The Morgan fingerprint density at radius 3 is 2.52 bits per heavy atom. The van der Waals surface area contributed by atoms with Crippen LogP contribution < -0.4 is 4.74 Å². The average molecular weight is 335 g/mol. The molecular formula is C21H21NO3. The highest BCUT2D eigenvalue weighted by atomic mass is 16.7. The molecule has 2 aromatic rings. The van der Waals surface area contributed by atoms with Gasteiger partial charge in [-0.1, -0.05) is 67.4 Å². The van der Waals surface area contributed by atoms with Crippen molar-refractivity contribution in [1.82, 2.24) is 0 Å². The van der Waals surface area contributed by atoms with Gasteiger partial charge in [-0.15, -0.1) is 0 Å². The number of hydrogen-bond acceptors (Lipinski definition) is 4. The number of ether oxygens (including phenoxy) is 1. The number of carbonyl (C=O) groups is 1. The summed E-state index contributed by atoms with van der Waals surface area (Å²) < 4.78 is 5.71. The van der Waals surface area contributed by atoms with E-state index in [4.69, 9.17) is 9.57 Å². The lowest BCUT2D eigenvalue weighted by molar-refractivity contribution is -0.136. The van der Waals surface area contributed by atoms with Crippen molar-refractivity contribution in [1.29, 1.82) is 0 Å². The summed E-state index contributed by atoms with van der Waals surface area (Å²) in [4.78, 5) is 16.9. The zero-order valence-electron chi connectivity index (χ0n) is 14.3. The van der Waals surface area contributed by atoms with Crippen molar-refractivity contribution in [2.75, 3.05) is 6.61 Å². The van der Waals surface area contributed by atoms with Crippen LogP contribution in [0, 0.1) is 0 Å². The zero-order valence-corrected chi connectivity index (χ0v) is 14.3. The second-order valence-corrected chi connectivity index (χ2v) is 5.87. The molecule has 0 fully saturated rings. The molecule has 0 spiro atoms. The van der Waals surface area contributed by atoms with E-state index in [-0.39, 0.29) is 0 Å². The van der Waals surface area contributed by atoms with Gasteiger partial charge in [0.1, 0.15) is 11.5 Å². The van der Waals surface area contributed by atoms with E-state index in [0.717, 1.165) is 29.9 Å². The summed E-state index contributed by atoms with van der Waals surface area (Å²) in [6.45, 7) is 2.90. The predicted octanol–water partition coefficient (Wildman–Crippen LogP) is 4.60. The smallest absolute Gasteiger partial charge is 0.368 e. The van der Waals surface area contributed by atoms with E-state index in [1.54, 1.807) is 6.08 Å². The Hall–Kier alpha value is -2.88. The van der Waals surface area contributed by atoms with E-state index < -0.39 is 5.97 Å². The SMILES string of the molecule is CCCCCOc1ccc(C=C2C(=O)ON=C2c2ccccc2)cc1. The van der Waals surface area contributed by atoms with Crippen LogP contribution >= 0.6 is 0 Å².